The smallest absolute Gasteiger partial charge is 0.156 e. The van der Waals surface area contributed by atoms with E-state index in [-0.39, 0.29) is 0 Å². The van der Waals surface area contributed by atoms with Crippen LogP contribution in [0.25, 0.3) is 33.2 Å². The zero-order chi connectivity index (χ0) is 18.4. The van der Waals surface area contributed by atoms with E-state index in [9.17, 15) is 0 Å². The van der Waals surface area contributed by atoms with E-state index in [2.05, 4.69) is 34.2 Å². The average molecular weight is 359 g/mol. The summed E-state index contributed by atoms with van der Waals surface area (Å²) in [5, 5.41) is 8.21. The Hall–Kier alpha value is -3.15. The fraction of sp³-hybridized carbons (Fsp3) is 0.286. The number of hydrogen-bond acceptors (Lipinski definition) is 5. The third-order valence-corrected chi connectivity index (χ3v) is 5.39. The normalized spacial score (nSPS) is 17.1. The lowest BCUT2D eigenvalue weighted by molar-refractivity contribution is 0.415. The van der Waals surface area contributed by atoms with Crippen molar-refractivity contribution in [1.29, 1.82) is 0 Å². The number of benzene rings is 2. The molecule has 0 spiro atoms. The van der Waals surface area contributed by atoms with Crippen LogP contribution in [0.2, 0.25) is 0 Å². The molecule has 0 amide bonds. The first kappa shape index (κ1) is 16.1. The predicted molar refractivity (Wildman–Crippen MR) is 107 cm³/mol. The number of fused-ring (bicyclic) bond motifs is 2. The summed E-state index contributed by atoms with van der Waals surface area (Å²) in [5.41, 5.74) is 4.71. The first-order valence-corrected chi connectivity index (χ1v) is 9.29. The van der Waals surface area contributed by atoms with Gasteiger partial charge in [0.1, 0.15) is 11.4 Å². The van der Waals surface area contributed by atoms with Gasteiger partial charge in [-0.2, -0.15) is 5.10 Å². The first-order valence-electron chi connectivity index (χ1n) is 9.29. The fourth-order valence-electron chi connectivity index (χ4n) is 3.88. The van der Waals surface area contributed by atoms with E-state index in [1.165, 1.54) is 12.8 Å². The number of methoxy groups -OCH3 is 1. The molecule has 0 radical (unpaired) electrons. The maximum absolute atomic E-state index is 5.37. The van der Waals surface area contributed by atoms with E-state index in [1.807, 2.05) is 30.5 Å². The van der Waals surface area contributed by atoms with Gasteiger partial charge in [0, 0.05) is 29.6 Å². The van der Waals surface area contributed by atoms with Gasteiger partial charge in [-0.3, -0.25) is 5.10 Å². The van der Waals surface area contributed by atoms with Crippen molar-refractivity contribution in [1.82, 2.24) is 20.2 Å². The molecule has 1 fully saturated rings. The van der Waals surface area contributed by atoms with E-state index in [4.69, 9.17) is 14.7 Å². The molecule has 5 rings (SSSR count). The van der Waals surface area contributed by atoms with Crippen LogP contribution in [0.3, 0.4) is 0 Å². The highest BCUT2D eigenvalue weighted by atomic mass is 16.5. The summed E-state index contributed by atoms with van der Waals surface area (Å²) >= 11 is 0. The summed E-state index contributed by atoms with van der Waals surface area (Å²) in [7, 11) is 1.67. The Labute approximate surface area is 157 Å². The average Bonchev–Trinajstić information content (AvgIpc) is 3.34. The van der Waals surface area contributed by atoms with Crippen molar-refractivity contribution in [3.63, 3.8) is 0 Å². The van der Waals surface area contributed by atoms with Crippen LogP contribution in [0, 0.1) is 0 Å². The number of ether oxygens (including phenoxy) is 1. The number of H-pyrrole nitrogens is 1. The lowest BCUT2D eigenvalue weighted by Crippen LogP contribution is -2.28. The van der Waals surface area contributed by atoms with E-state index in [0.29, 0.717) is 6.04 Å². The van der Waals surface area contributed by atoms with Crippen LogP contribution in [0.5, 0.6) is 5.75 Å². The minimum absolute atomic E-state index is 0.464. The quantitative estimate of drug-likeness (QED) is 0.595. The van der Waals surface area contributed by atoms with Gasteiger partial charge in [0.05, 0.1) is 29.9 Å². The highest BCUT2D eigenvalue weighted by Crippen LogP contribution is 2.35. The SMILES string of the molecule is COc1ccc2nc(N3CCCC3C)c(-c3ccc4[nH]ncc4c3)nc2c1. The molecule has 1 aliphatic rings. The maximum Gasteiger partial charge on any atom is 0.156 e. The van der Waals surface area contributed by atoms with Gasteiger partial charge in [-0.1, -0.05) is 6.07 Å². The van der Waals surface area contributed by atoms with Gasteiger partial charge in [0.15, 0.2) is 5.82 Å². The summed E-state index contributed by atoms with van der Waals surface area (Å²) in [6.07, 6.45) is 4.21. The lowest BCUT2D eigenvalue weighted by atomic mass is 10.1. The van der Waals surface area contributed by atoms with Crippen molar-refractivity contribution in [2.45, 2.75) is 25.8 Å². The van der Waals surface area contributed by atoms with Crippen molar-refractivity contribution in [2.75, 3.05) is 18.6 Å². The highest BCUT2D eigenvalue weighted by Gasteiger charge is 2.26. The molecule has 0 saturated carbocycles. The Morgan fingerprint density at radius 3 is 2.85 bits per heavy atom. The minimum Gasteiger partial charge on any atom is -0.497 e. The molecule has 6 heteroatoms. The molecule has 136 valence electrons. The maximum atomic E-state index is 5.37. The molecular formula is C21H21N5O. The second kappa shape index (κ2) is 6.23. The molecular weight excluding hydrogens is 338 g/mol. The Morgan fingerprint density at radius 2 is 2.04 bits per heavy atom. The van der Waals surface area contributed by atoms with Gasteiger partial charge in [-0.25, -0.2) is 9.97 Å². The third kappa shape index (κ3) is 2.68. The molecule has 2 aromatic carbocycles. The van der Waals surface area contributed by atoms with Crippen LogP contribution in [0.4, 0.5) is 5.82 Å². The lowest BCUT2D eigenvalue weighted by Gasteiger charge is -2.25. The molecule has 27 heavy (non-hydrogen) atoms. The predicted octanol–water partition coefficient (Wildman–Crippen LogP) is 4.17. The summed E-state index contributed by atoms with van der Waals surface area (Å²) in [4.78, 5) is 12.4. The number of rotatable bonds is 3. The Morgan fingerprint density at radius 1 is 1.11 bits per heavy atom. The van der Waals surface area contributed by atoms with Crippen LogP contribution in [0.15, 0.2) is 42.6 Å². The summed E-state index contributed by atoms with van der Waals surface area (Å²) in [6.45, 7) is 3.27. The molecule has 1 N–H and O–H groups in total. The van der Waals surface area contributed by atoms with Crippen molar-refractivity contribution >= 4 is 27.8 Å². The molecule has 1 unspecified atom stereocenters. The molecule has 0 aliphatic carbocycles. The van der Waals surface area contributed by atoms with E-state index in [0.717, 1.165) is 51.3 Å². The highest BCUT2D eigenvalue weighted by molar-refractivity contribution is 5.89. The summed E-state index contributed by atoms with van der Waals surface area (Å²) < 4.78 is 5.37. The molecule has 4 aromatic rings. The second-order valence-corrected chi connectivity index (χ2v) is 7.11. The van der Waals surface area contributed by atoms with E-state index >= 15 is 0 Å². The third-order valence-electron chi connectivity index (χ3n) is 5.39. The van der Waals surface area contributed by atoms with Gasteiger partial charge in [0.25, 0.3) is 0 Å². The number of hydrogen-bond donors (Lipinski definition) is 1. The van der Waals surface area contributed by atoms with Gasteiger partial charge in [-0.15, -0.1) is 0 Å². The number of nitrogens with one attached hydrogen (secondary N) is 1. The Balaban J connectivity index is 1.75. The zero-order valence-electron chi connectivity index (χ0n) is 15.4. The number of aromatic amines is 1. The zero-order valence-corrected chi connectivity index (χ0v) is 15.4. The summed E-state index contributed by atoms with van der Waals surface area (Å²) in [5.74, 6) is 1.75. The van der Waals surface area contributed by atoms with Gasteiger partial charge < -0.3 is 9.64 Å². The number of anilines is 1. The van der Waals surface area contributed by atoms with Crippen LogP contribution in [-0.4, -0.2) is 39.9 Å². The second-order valence-electron chi connectivity index (χ2n) is 7.11. The number of nitrogens with zero attached hydrogens (tertiary/aromatic N) is 4. The van der Waals surface area contributed by atoms with Crippen LogP contribution < -0.4 is 9.64 Å². The molecule has 1 aliphatic heterocycles. The number of aromatic nitrogens is 4. The van der Waals surface area contributed by atoms with Gasteiger partial charge in [-0.05, 0) is 44.0 Å². The van der Waals surface area contributed by atoms with Crippen molar-refractivity contribution in [2.24, 2.45) is 0 Å². The molecule has 0 bridgehead atoms. The van der Waals surface area contributed by atoms with Gasteiger partial charge >= 0.3 is 0 Å². The topological polar surface area (TPSA) is 66.9 Å². The fourth-order valence-corrected chi connectivity index (χ4v) is 3.88. The molecule has 1 saturated heterocycles. The first-order chi connectivity index (χ1) is 13.2. The van der Waals surface area contributed by atoms with Crippen LogP contribution in [-0.2, 0) is 0 Å². The molecule has 6 nitrogen and oxygen atoms in total. The summed E-state index contributed by atoms with van der Waals surface area (Å²) in [6, 6.07) is 12.6. The van der Waals surface area contributed by atoms with Crippen LogP contribution >= 0.6 is 0 Å². The Bertz CT molecular complexity index is 1140. The monoisotopic (exact) mass is 359 g/mol. The Kier molecular flexibility index (Phi) is 3.70. The van der Waals surface area contributed by atoms with Crippen molar-refractivity contribution < 1.29 is 4.74 Å². The van der Waals surface area contributed by atoms with Gasteiger partial charge in [0.2, 0.25) is 0 Å². The van der Waals surface area contributed by atoms with E-state index < -0.39 is 0 Å². The van der Waals surface area contributed by atoms with Crippen LogP contribution in [0.1, 0.15) is 19.8 Å². The standard InChI is InChI=1S/C21H21N5O/c1-13-4-3-9-26(13)21-20(14-5-7-17-15(10-14)12-22-25-17)23-19-11-16(27-2)6-8-18(19)24-21/h5-8,10-13H,3-4,9H2,1-2H3,(H,22,25). The molecule has 2 aromatic heterocycles. The largest absolute Gasteiger partial charge is 0.497 e. The molecule has 3 heterocycles. The van der Waals surface area contributed by atoms with E-state index in [1.54, 1.807) is 7.11 Å². The minimum atomic E-state index is 0.464. The molecule has 1 atom stereocenters. The van der Waals surface area contributed by atoms with Crippen molar-refractivity contribution in [3.8, 4) is 17.0 Å². The van der Waals surface area contributed by atoms with Crippen molar-refractivity contribution in [3.05, 3.63) is 42.6 Å².